The van der Waals surface area contributed by atoms with E-state index in [1.807, 2.05) is 12.1 Å². The van der Waals surface area contributed by atoms with E-state index in [2.05, 4.69) is 40.5 Å². The normalized spacial score (nSPS) is 14.4. The van der Waals surface area contributed by atoms with Crippen molar-refractivity contribution in [3.05, 3.63) is 65.7 Å². The number of amides is 1. The van der Waals surface area contributed by atoms with Crippen LogP contribution in [0.4, 0.5) is 0 Å². The summed E-state index contributed by atoms with van der Waals surface area (Å²) in [6.07, 6.45) is 3.41. The Balaban J connectivity index is 0.00000210. The third-order valence-corrected chi connectivity index (χ3v) is 4.94. The monoisotopic (exact) mass is 439 g/mol. The minimum absolute atomic E-state index is 0. The second-order valence-electron chi connectivity index (χ2n) is 6.96. The zero-order valence-corrected chi connectivity index (χ0v) is 18.2. The lowest BCUT2D eigenvalue weighted by molar-refractivity contribution is 0.0954. The van der Waals surface area contributed by atoms with Crippen molar-refractivity contribution in [1.29, 1.82) is 0 Å². The molecule has 2 aromatic rings. The first kappa shape index (κ1) is 25.2. The highest BCUT2D eigenvalue weighted by Crippen LogP contribution is 2.20. The lowest BCUT2D eigenvalue weighted by Crippen LogP contribution is -2.39. The number of nitrogens with one attached hydrogen (secondary N) is 1. The van der Waals surface area contributed by atoms with Gasteiger partial charge < -0.3 is 20.7 Å². The summed E-state index contributed by atoms with van der Waals surface area (Å²) < 4.78 is 6.10. The molecule has 0 unspecified atom stereocenters. The number of rotatable bonds is 8. The van der Waals surface area contributed by atoms with E-state index in [0.29, 0.717) is 18.7 Å². The minimum atomic E-state index is -0.0984. The van der Waals surface area contributed by atoms with Crippen LogP contribution in [-0.4, -0.2) is 49.6 Å². The fraction of sp³-hybridized carbons (Fsp3) is 0.409. The quantitative estimate of drug-likeness (QED) is 0.661. The fourth-order valence-corrected chi connectivity index (χ4v) is 3.35. The van der Waals surface area contributed by atoms with Gasteiger partial charge in [0.15, 0.2) is 0 Å². The maximum Gasteiger partial charge on any atom is 0.251 e. The maximum atomic E-state index is 11.9. The van der Waals surface area contributed by atoms with Crippen LogP contribution < -0.4 is 15.8 Å². The van der Waals surface area contributed by atoms with E-state index in [0.717, 1.165) is 44.6 Å². The number of likely N-dealkylation sites (tertiary alicyclic amines) is 1. The third kappa shape index (κ3) is 8.23. The standard InChI is InChI=1S/C22H29N3O2.2ClH/c23-13-14-24-22(26)19-6-8-20(9-7-19)27-21-11-16-25(17-12-21)15-10-18-4-2-1-3-5-18;;/h1-9,21H,10-17,23H2,(H,24,26);2*1H. The van der Waals surface area contributed by atoms with Gasteiger partial charge in [-0.1, -0.05) is 30.3 Å². The van der Waals surface area contributed by atoms with Gasteiger partial charge in [0.05, 0.1) is 0 Å². The average molecular weight is 440 g/mol. The number of hydrogen-bond acceptors (Lipinski definition) is 4. The van der Waals surface area contributed by atoms with Gasteiger partial charge in [0.2, 0.25) is 0 Å². The highest BCUT2D eigenvalue weighted by molar-refractivity contribution is 5.94. The Bertz CT molecular complexity index is 706. The number of hydrogen-bond donors (Lipinski definition) is 2. The number of nitrogens with zero attached hydrogens (tertiary/aromatic N) is 1. The van der Waals surface area contributed by atoms with Crippen LogP contribution in [0.5, 0.6) is 5.75 Å². The minimum Gasteiger partial charge on any atom is -0.490 e. The third-order valence-electron chi connectivity index (χ3n) is 4.94. The van der Waals surface area contributed by atoms with Crippen molar-refractivity contribution < 1.29 is 9.53 Å². The fourth-order valence-electron chi connectivity index (χ4n) is 3.35. The Morgan fingerprint density at radius 3 is 2.31 bits per heavy atom. The Morgan fingerprint density at radius 2 is 1.69 bits per heavy atom. The molecule has 3 N–H and O–H groups in total. The molecule has 1 fully saturated rings. The van der Waals surface area contributed by atoms with E-state index in [4.69, 9.17) is 10.5 Å². The van der Waals surface area contributed by atoms with Gasteiger partial charge in [0, 0.05) is 38.3 Å². The molecular weight excluding hydrogens is 409 g/mol. The first-order valence-electron chi connectivity index (χ1n) is 9.76. The number of piperidine rings is 1. The van der Waals surface area contributed by atoms with Crippen LogP contribution >= 0.6 is 24.8 Å². The lowest BCUT2D eigenvalue weighted by atomic mass is 10.1. The molecule has 0 spiro atoms. The molecule has 2 aromatic carbocycles. The summed E-state index contributed by atoms with van der Waals surface area (Å²) in [5.41, 5.74) is 7.43. The number of carbonyl (C=O) groups is 1. The average Bonchev–Trinajstić information content (AvgIpc) is 2.73. The molecule has 3 rings (SSSR count). The van der Waals surface area contributed by atoms with E-state index in [1.54, 1.807) is 12.1 Å². The predicted octanol–water partition coefficient (Wildman–Crippen LogP) is 3.30. The molecule has 0 saturated carbocycles. The Morgan fingerprint density at radius 1 is 1.03 bits per heavy atom. The van der Waals surface area contributed by atoms with Crippen LogP contribution in [0.25, 0.3) is 0 Å². The van der Waals surface area contributed by atoms with Gasteiger partial charge >= 0.3 is 0 Å². The van der Waals surface area contributed by atoms with Gasteiger partial charge in [-0.05, 0) is 49.1 Å². The highest BCUT2D eigenvalue weighted by Gasteiger charge is 2.20. The molecule has 1 aliphatic heterocycles. The van der Waals surface area contributed by atoms with E-state index >= 15 is 0 Å². The van der Waals surface area contributed by atoms with Crippen molar-refractivity contribution in [2.75, 3.05) is 32.7 Å². The Kier molecular flexibility index (Phi) is 11.7. The van der Waals surface area contributed by atoms with Crippen LogP contribution in [0.1, 0.15) is 28.8 Å². The molecular formula is C22H31Cl2N3O2. The van der Waals surface area contributed by atoms with E-state index in [-0.39, 0.29) is 36.8 Å². The zero-order valence-electron chi connectivity index (χ0n) is 16.6. The molecule has 0 aliphatic carbocycles. The smallest absolute Gasteiger partial charge is 0.251 e. The van der Waals surface area contributed by atoms with Crippen molar-refractivity contribution in [3.8, 4) is 5.75 Å². The molecule has 5 nitrogen and oxygen atoms in total. The number of ether oxygens (including phenoxy) is 1. The summed E-state index contributed by atoms with van der Waals surface area (Å²) in [4.78, 5) is 14.4. The summed E-state index contributed by atoms with van der Waals surface area (Å²) in [7, 11) is 0. The molecule has 0 radical (unpaired) electrons. The van der Waals surface area contributed by atoms with Gasteiger partial charge in [0.25, 0.3) is 5.91 Å². The van der Waals surface area contributed by atoms with Crippen molar-refractivity contribution in [1.82, 2.24) is 10.2 Å². The second-order valence-corrected chi connectivity index (χ2v) is 6.96. The number of carbonyl (C=O) groups excluding carboxylic acids is 1. The zero-order chi connectivity index (χ0) is 18.9. The molecule has 0 bridgehead atoms. The molecule has 0 aromatic heterocycles. The van der Waals surface area contributed by atoms with E-state index < -0.39 is 0 Å². The van der Waals surface area contributed by atoms with Crippen LogP contribution in [0.2, 0.25) is 0 Å². The van der Waals surface area contributed by atoms with Crippen LogP contribution in [0.15, 0.2) is 54.6 Å². The van der Waals surface area contributed by atoms with Gasteiger partial charge in [-0.15, -0.1) is 24.8 Å². The molecule has 1 heterocycles. The van der Waals surface area contributed by atoms with Gasteiger partial charge in [-0.2, -0.15) is 0 Å². The molecule has 160 valence electrons. The maximum absolute atomic E-state index is 11.9. The number of nitrogens with two attached hydrogens (primary N) is 1. The molecule has 0 atom stereocenters. The van der Waals surface area contributed by atoms with Crippen LogP contribution in [0.3, 0.4) is 0 Å². The largest absolute Gasteiger partial charge is 0.490 e. The SMILES string of the molecule is Cl.Cl.NCCNC(=O)c1ccc(OC2CCN(CCc3ccccc3)CC2)cc1. The summed E-state index contributed by atoms with van der Waals surface area (Å²) in [5.74, 6) is 0.729. The van der Waals surface area contributed by atoms with Crippen molar-refractivity contribution in [3.63, 3.8) is 0 Å². The van der Waals surface area contributed by atoms with Gasteiger partial charge in [-0.25, -0.2) is 0 Å². The molecule has 29 heavy (non-hydrogen) atoms. The highest BCUT2D eigenvalue weighted by atomic mass is 35.5. The number of halogens is 2. The number of benzene rings is 2. The van der Waals surface area contributed by atoms with E-state index in [1.165, 1.54) is 5.56 Å². The van der Waals surface area contributed by atoms with Gasteiger partial charge in [0.1, 0.15) is 11.9 Å². The molecule has 7 heteroatoms. The lowest BCUT2D eigenvalue weighted by Gasteiger charge is -2.32. The first-order valence-corrected chi connectivity index (χ1v) is 9.76. The summed E-state index contributed by atoms with van der Waals surface area (Å²) in [6, 6.07) is 18.0. The summed E-state index contributed by atoms with van der Waals surface area (Å²) >= 11 is 0. The Hall–Kier alpha value is -1.79. The van der Waals surface area contributed by atoms with Gasteiger partial charge in [-0.3, -0.25) is 4.79 Å². The van der Waals surface area contributed by atoms with Crippen molar-refractivity contribution in [2.24, 2.45) is 5.73 Å². The summed E-state index contributed by atoms with van der Waals surface area (Å²) in [5, 5.41) is 2.77. The topological polar surface area (TPSA) is 67.6 Å². The van der Waals surface area contributed by atoms with Crippen LogP contribution in [-0.2, 0) is 6.42 Å². The molecule has 1 aliphatic rings. The van der Waals surface area contributed by atoms with Crippen molar-refractivity contribution in [2.45, 2.75) is 25.4 Å². The van der Waals surface area contributed by atoms with E-state index in [9.17, 15) is 4.79 Å². The predicted molar refractivity (Wildman–Crippen MR) is 123 cm³/mol. The van der Waals surface area contributed by atoms with Crippen molar-refractivity contribution >= 4 is 30.7 Å². The first-order chi connectivity index (χ1) is 13.2. The summed E-state index contributed by atoms with van der Waals surface area (Å²) in [6.45, 7) is 4.16. The van der Waals surface area contributed by atoms with Crippen LogP contribution in [0, 0.1) is 0 Å². The Labute approximate surface area is 185 Å². The second kappa shape index (κ2) is 13.4. The molecule has 1 amide bonds. The molecule has 1 saturated heterocycles.